The molecule has 4 nitrogen and oxygen atoms in total. The first-order valence-electron chi connectivity index (χ1n) is 16.4. The molecule has 5 heteroatoms. The second-order valence-corrected chi connectivity index (χ2v) is 13.6. The Hall–Kier alpha value is -6.30. The third-order valence-corrected chi connectivity index (χ3v) is 11.0. The summed E-state index contributed by atoms with van der Waals surface area (Å²) in [6.45, 7) is 0. The van der Waals surface area contributed by atoms with Crippen LogP contribution < -0.4 is 0 Å². The zero-order valence-electron chi connectivity index (χ0n) is 26.1. The molecule has 0 atom stereocenters. The maximum absolute atomic E-state index is 6.37. The summed E-state index contributed by atoms with van der Waals surface area (Å²) in [4.78, 5) is 10.4. The van der Waals surface area contributed by atoms with Gasteiger partial charge in [-0.3, -0.25) is 0 Å². The lowest BCUT2D eigenvalue weighted by atomic mass is 10.0. The summed E-state index contributed by atoms with van der Waals surface area (Å²) < 4.78 is 11.2. The lowest BCUT2D eigenvalue weighted by Gasteiger charge is -2.08. The number of thiophene rings is 1. The Kier molecular flexibility index (Phi) is 5.51. The zero-order valence-corrected chi connectivity index (χ0v) is 26.9. The van der Waals surface area contributed by atoms with Gasteiger partial charge in [0.1, 0.15) is 16.8 Å². The van der Waals surface area contributed by atoms with Crippen molar-refractivity contribution in [3.8, 4) is 28.3 Å². The molecule has 7 aromatic carbocycles. The highest BCUT2D eigenvalue weighted by atomic mass is 32.1. The highest BCUT2D eigenvalue weighted by Crippen LogP contribution is 2.43. The molecule has 0 aliphatic heterocycles. The monoisotopic (exact) mass is 643 g/mol. The van der Waals surface area contributed by atoms with Crippen LogP contribution in [0.15, 0.2) is 156 Å². The average Bonchev–Trinajstić information content (AvgIpc) is 3.84. The molecule has 4 aromatic heterocycles. The van der Waals surface area contributed by atoms with Gasteiger partial charge in [0.15, 0.2) is 11.4 Å². The van der Waals surface area contributed by atoms with E-state index in [1.165, 1.54) is 52.8 Å². The van der Waals surface area contributed by atoms with E-state index in [0.717, 1.165) is 39.0 Å². The molecule has 0 fully saturated rings. The van der Waals surface area contributed by atoms with Crippen LogP contribution in [-0.2, 0) is 0 Å². The van der Waals surface area contributed by atoms with Gasteiger partial charge in [0.05, 0.1) is 11.0 Å². The second kappa shape index (κ2) is 10.1. The molecule has 11 rings (SSSR count). The van der Waals surface area contributed by atoms with Crippen LogP contribution in [0.2, 0.25) is 0 Å². The van der Waals surface area contributed by atoms with Crippen molar-refractivity contribution in [2.75, 3.05) is 0 Å². The number of benzene rings is 7. The number of aromatic nitrogens is 3. The number of rotatable bonds is 3. The van der Waals surface area contributed by atoms with Crippen LogP contribution in [0, 0.1) is 0 Å². The largest absolute Gasteiger partial charge is 0.452 e. The van der Waals surface area contributed by atoms with Crippen molar-refractivity contribution in [2.45, 2.75) is 0 Å². The fraction of sp³-hybridized carbons (Fsp3) is 0. The van der Waals surface area contributed by atoms with Crippen molar-refractivity contribution in [2.24, 2.45) is 0 Å². The SMILES string of the molecule is c1ccc(-c2nc(-c3cccc4c3sc3cc(-n5c6ccccc6c6c7ccccc7ccc65)ccc34)nc3c2oc2ccccc23)cc1. The fourth-order valence-corrected chi connectivity index (χ4v) is 8.87. The van der Waals surface area contributed by atoms with E-state index in [1.54, 1.807) is 11.3 Å². The van der Waals surface area contributed by atoms with Crippen LogP contribution in [0.3, 0.4) is 0 Å². The van der Waals surface area contributed by atoms with Gasteiger partial charge in [-0.05, 0) is 53.2 Å². The molecule has 0 bridgehead atoms. The number of hydrogen-bond donors (Lipinski definition) is 0. The van der Waals surface area contributed by atoms with Gasteiger partial charge < -0.3 is 8.98 Å². The first kappa shape index (κ1) is 26.7. The van der Waals surface area contributed by atoms with Crippen LogP contribution >= 0.6 is 11.3 Å². The molecule has 49 heavy (non-hydrogen) atoms. The zero-order chi connectivity index (χ0) is 32.1. The van der Waals surface area contributed by atoms with E-state index in [9.17, 15) is 0 Å². The number of nitrogens with zero attached hydrogens (tertiary/aromatic N) is 3. The maximum Gasteiger partial charge on any atom is 0.180 e. The summed E-state index contributed by atoms with van der Waals surface area (Å²) >= 11 is 1.80. The Morgan fingerprint density at radius 1 is 0.551 bits per heavy atom. The van der Waals surface area contributed by atoms with E-state index in [2.05, 4.69) is 120 Å². The van der Waals surface area contributed by atoms with Gasteiger partial charge in [-0.15, -0.1) is 11.3 Å². The van der Waals surface area contributed by atoms with Gasteiger partial charge in [-0.1, -0.05) is 109 Å². The lowest BCUT2D eigenvalue weighted by molar-refractivity contribution is 0.667. The Balaban J connectivity index is 1.15. The summed E-state index contributed by atoms with van der Waals surface area (Å²) in [5.41, 5.74) is 8.75. The summed E-state index contributed by atoms with van der Waals surface area (Å²) in [5, 5.41) is 8.52. The highest BCUT2D eigenvalue weighted by molar-refractivity contribution is 7.26. The predicted molar refractivity (Wildman–Crippen MR) is 205 cm³/mol. The number of furan rings is 1. The van der Waals surface area contributed by atoms with E-state index in [0.29, 0.717) is 11.4 Å². The van der Waals surface area contributed by atoms with Crippen LogP contribution in [0.4, 0.5) is 0 Å². The van der Waals surface area contributed by atoms with E-state index < -0.39 is 0 Å². The van der Waals surface area contributed by atoms with Crippen molar-refractivity contribution in [1.82, 2.24) is 14.5 Å². The Bertz CT molecular complexity index is 3110. The first-order chi connectivity index (χ1) is 24.3. The first-order valence-corrected chi connectivity index (χ1v) is 17.2. The van der Waals surface area contributed by atoms with Crippen LogP contribution in [0.1, 0.15) is 0 Å². The molecule has 4 heterocycles. The molecule has 228 valence electrons. The highest BCUT2D eigenvalue weighted by Gasteiger charge is 2.21. The molecule has 0 aliphatic rings. The van der Waals surface area contributed by atoms with Gasteiger partial charge in [0.2, 0.25) is 0 Å². The molecule has 11 aromatic rings. The minimum absolute atomic E-state index is 0.699. The minimum Gasteiger partial charge on any atom is -0.452 e. The van der Waals surface area contributed by atoms with Crippen molar-refractivity contribution < 1.29 is 4.42 Å². The molecule has 0 saturated carbocycles. The smallest absolute Gasteiger partial charge is 0.180 e. The van der Waals surface area contributed by atoms with Gasteiger partial charge in [-0.2, -0.15) is 0 Å². The van der Waals surface area contributed by atoms with Crippen molar-refractivity contribution >= 4 is 86.2 Å². The molecule has 0 radical (unpaired) electrons. The Morgan fingerprint density at radius 2 is 1.33 bits per heavy atom. The molecular formula is C44H25N3OS. The molecule has 0 saturated heterocycles. The third kappa shape index (κ3) is 3.85. The molecule has 0 aliphatic carbocycles. The molecule has 0 unspecified atom stereocenters. The second-order valence-electron chi connectivity index (χ2n) is 12.5. The normalized spacial score (nSPS) is 12.1. The fourth-order valence-electron chi connectivity index (χ4n) is 7.62. The van der Waals surface area contributed by atoms with Crippen LogP contribution in [0.5, 0.6) is 0 Å². The topological polar surface area (TPSA) is 43.9 Å². The Morgan fingerprint density at radius 3 is 2.24 bits per heavy atom. The van der Waals surface area contributed by atoms with E-state index in [4.69, 9.17) is 14.4 Å². The van der Waals surface area contributed by atoms with Gasteiger partial charge in [-0.25, -0.2) is 9.97 Å². The van der Waals surface area contributed by atoms with Gasteiger partial charge in [0, 0.05) is 53.1 Å². The molecule has 0 amide bonds. The Labute approximate surface area is 284 Å². The van der Waals surface area contributed by atoms with Crippen molar-refractivity contribution in [3.63, 3.8) is 0 Å². The summed E-state index contributed by atoms with van der Waals surface area (Å²) in [6, 6.07) is 53.6. The summed E-state index contributed by atoms with van der Waals surface area (Å²) in [6.07, 6.45) is 0. The van der Waals surface area contributed by atoms with E-state index >= 15 is 0 Å². The quantitative estimate of drug-likeness (QED) is 0.192. The van der Waals surface area contributed by atoms with E-state index in [1.807, 2.05) is 36.4 Å². The number of hydrogen-bond acceptors (Lipinski definition) is 4. The average molecular weight is 644 g/mol. The van der Waals surface area contributed by atoms with E-state index in [-0.39, 0.29) is 0 Å². The molecule has 0 N–H and O–H groups in total. The van der Waals surface area contributed by atoms with Gasteiger partial charge >= 0.3 is 0 Å². The maximum atomic E-state index is 6.37. The van der Waals surface area contributed by atoms with Gasteiger partial charge in [0.25, 0.3) is 0 Å². The molecule has 0 spiro atoms. The van der Waals surface area contributed by atoms with Crippen molar-refractivity contribution in [1.29, 1.82) is 0 Å². The van der Waals surface area contributed by atoms with Crippen LogP contribution in [0.25, 0.3) is 103 Å². The minimum atomic E-state index is 0.699. The summed E-state index contributed by atoms with van der Waals surface area (Å²) in [7, 11) is 0. The number of para-hydroxylation sites is 2. The van der Waals surface area contributed by atoms with Crippen molar-refractivity contribution in [3.05, 3.63) is 152 Å². The molecular weight excluding hydrogens is 619 g/mol. The van der Waals surface area contributed by atoms with Crippen LogP contribution in [-0.4, -0.2) is 14.5 Å². The standard InChI is InChI=1S/C44H25N3OS/c1-2-12-27(13-3-1)40-42-41(33-16-7-9-20-37(33)48-42)46-44(45-40)34-18-10-17-31-30-23-22-28(25-38(30)49-43(31)34)47-35-19-8-6-15-32(35)39-29-14-5-4-11-26(29)21-24-36(39)47/h1-25H. The summed E-state index contributed by atoms with van der Waals surface area (Å²) in [5.74, 6) is 0.699. The number of fused-ring (bicyclic) bond motifs is 11. The lowest BCUT2D eigenvalue weighted by Crippen LogP contribution is -1.94. The predicted octanol–water partition coefficient (Wildman–Crippen LogP) is 12.3. The third-order valence-electron chi connectivity index (χ3n) is 9.81.